The smallest absolute Gasteiger partial charge is 0.158 e. The predicted octanol–water partition coefficient (Wildman–Crippen LogP) is 0.233. The van der Waals surface area contributed by atoms with E-state index in [1.165, 1.54) is 6.20 Å². The lowest BCUT2D eigenvalue weighted by molar-refractivity contribution is 0.205. The number of methoxy groups -OCH3 is 1. The summed E-state index contributed by atoms with van der Waals surface area (Å²) in [4.78, 5) is 10.3. The Labute approximate surface area is 95.0 Å². The molecule has 0 aliphatic rings. The van der Waals surface area contributed by atoms with Crippen LogP contribution in [-0.4, -0.2) is 42.6 Å². The number of nitrogens with zero attached hydrogens (tertiary/aromatic N) is 3. The van der Waals surface area contributed by atoms with Crippen LogP contribution in [0.1, 0.15) is 12.6 Å². The molecule has 0 saturated heterocycles. The van der Waals surface area contributed by atoms with Gasteiger partial charge in [-0.25, -0.2) is 9.97 Å². The molecule has 0 aliphatic carbocycles. The average molecular weight is 223 g/mol. The Balaban J connectivity index is 2.94. The number of ether oxygens (including phenoxy) is 1. The highest BCUT2D eigenvalue weighted by molar-refractivity contribution is 5.97. The number of rotatable bonds is 6. The maximum atomic E-state index is 7.44. The van der Waals surface area contributed by atoms with Crippen LogP contribution in [-0.2, 0) is 4.74 Å². The number of nitrogens with two attached hydrogens (primary N) is 1. The fourth-order valence-electron chi connectivity index (χ4n) is 1.37. The lowest BCUT2D eigenvalue weighted by atomic mass is 10.3. The highest BCUT2D eigenvalue weighted by atomic mass is 16.5. The van der Waals surface area contributed by atoms with Gasteiger partial charge in [0.15, 0.2) is 5.82 Å². The monoisotopic (exact) mass is 223 g/mol. The molecular formula is C10H17N5O. The van der Waals surface area contributed by atoms with Crippen LogP contribution in [0.25, 0.3) is 0 Å². The van der Waals surface area contributed by atoms with E-state index in [1.807, 2.05) is 11.8 Å². The first-order valence-corrected chi connectivity index (χ1v) is 5.10. The molecule has 0 fully saturated rings. The number of anilines is 1. The number of hydrogen-bond acceptors (Lipinski definition) is 5. The van der Waals surface area contributed by atoms with Crippen molar-refractivity contribution in [3.05, 3.63) is 18.1 Å². The van der Waals surface area contributed by atoms with Gasteiger partial charge in [0, 0.05) is 32.6 Å². The third-order valence-corrected chi connectivity index (χ3v) is 2.18. The van der Waals surface area contributed by atoms with Crippen molar-refractivity contribution in [2.45, 2.75) is 6.92 Å². The van der Waals surface area contributed by atoms with Crippen LogP contribution in [0, 0.1) is 5.41 Å². The number of amidine groups is 1. The van der Waals surface area contributed by atoms with Crippen LogP contribution in [0.3, 0.4) is 0 Å². The second-order valence-electron chi connectivity index (χ2n) is 3.21. The molecule has 0 radical (unpaired) electrons. The van der Waals surface area contributed by atoms with Gasteiger partial charge in [0.2, 0.25) is 0 Å². The van der Waals surface area contributed by atoms with Crippen LogP contribution in [0.5, 0.6) is 0 Å². The van der Waals surface area contributed by atoms with E-state index in [0.29, 0.717) is 24.7 Å². The molecule has 3 N–H and O–H groups in total. The van der Waals surface area contributed by atoms with Gasteiger partial charge < -0.3 is 15.4 Å². The molecule has 6 nitrogen and oxygen atoms in total. The van der Waals surface area contributed by atoms with Crippen molar-refractivity contribution in [3.8, 4) is 0 Å². The van der Waals surface area contributed by atoms with Crippen molar-refractivity contribution in [2.24, 2.45) is 5.73 Å². The van der Waals surface area contributed by atoms with Crippen molar-refractivity contribution in [1.82, 2.24) is 9.97 Å². The van der Waals surface area contributed by atoms with Gasteiger partial charge in [-0.05, 0) is 6.92 Å². The summed E-state index contributed by atoms with van der Waals surface area (Å²) in [6.07, 6.45) is 3.13. The van der Waals surface area contributed by atoms with Crippen LogP contribution in [0.4, 0.5) is 5.82 Å². The van der Waals surface area contributed by atoms with Crippen LogP contribution in [0.15, 0.2) is 12.4 Å². The Morgan fingerprint density at radius 1 is 1.50 bits per heavy atom. The Morgan fingerprint density at radius 2 is 2.19 bits per heavy atom. The molecule has 0 saturated carbocycles. The maximum absolute atomic E-state index is 7.44. The molecule has 1 aromatic heterocycles. The number of nitrogen functional groups attached to an aromatic ring is 1. The van der Waals surface area contributed by atoms with E-state index in [4.69, 9.17) is 15.9 Å². The first kappa shape index (κ1) is 12.4. The molecule has 88 valence electrons. The largest absolute Gasteiger partial charge is 0.383 e. The number of likely N-dealkylation sites (N-methyl/N-ethyl adjacent to an activating group) is 1. The molecule has 0 aliphatic heterocycles. The van der Waals surface area contributed by atoms with Crippen molar-refractivity contribution in [3.63, 3.8) is 0 Å². The van der Waals surface area contributed by atoms with Crippen LogP contribution >= 0.6 is 0 Å². The minimum Gasteiger partial charge on any atom is -0.383 e. The van der Waals surface area contributed by atoms with E-state index in [1.54, 1.807) is 13.3 Å². The van der Waals surface area contributed by atoms with Gasteiger partial charge in [-0.15, -0.1) is 0 Å². The Morgan fingerprint density at radius 3 is 2.75 bits per heavy atom. The fraction of sp³-hybridized carbons (Fsp3) is 0.500. The summed E-state index contributed by atoms with van der Waals surface area (Å²) in [5, 5.41) is 7.44. The van der Waals surface area contributed by atoms with Gasteiger partial charge in [0.05, 0.1) is 6.61 Å². The minimum absolute atomic E-state index is 0.0704. The van der Waals surface area contributed by atoms with Crippen LogP contribution in [0.2, 0.25) is 0 Å². The number of aromatic nitrogens is 2. The Hall–Kier alpha value is -1.69. The zero-order chi connectivity index (χ0) is 12.0. The molecule has 1 heterocycles. The molecular weight excluding hydrogens is 206 g/mol. The summed E-state index contributed by atoms with van der Waals surface area (Å²) in [6, 6.07) is 0. The van der Waals surface area contributed by atoms with E-state index < -0.39 is 0 Å². The molecule has 16 heavy (non-hydrogen) atoms. The van der Waals surface area contributed by atoms with Gasteiger partial charge in [0.25, 0.3) is 0 Å². The molecule has 1 aromatic rings. The Kier molecular flexibility index (Phi) is 4.65. The number of nitrogens with one attached hydrogen (secondary N) is 1. The van der Waals surface area contributed by atoms with Crippen molar-refractivity contribution < 1.29 is 4.74 Å². The average Bonchev–Trinajstić information content (AvgIpc) is 2.30. The SMILES string of the molecule is CCN(CCOC)c1nccnc1C(=N)N. The number of hydrogen-bond donors (Lipinski definition) is 2. The highest BCUT2D eigenvalue weighted by Gasteiger charge is 2.13. The summed E-state index contributed by atoms with van der Waals surface area (Å²) in [5.41, 5.74) is 5.88. The van der Waals surface area contributed by atoms with Gasteiger partial charge >= 0.3 is 0 Å². The van der Waals surface area contributed by atoms with Crippen LogP contribution < -0.4 is 10.6 Å². The molecule has 0 atom stereocenters. The second kappa shape index (κ2) is 6.02. The summed E-state index contributed by atoms with van der Waals surface area (Å²) in [6.45, 7) is 4.07. The Bertz CT molecular complexity index is 355. The zero-order valence-electron chi connectivity index (χ0n) is 9.60. The van der Waals surface area contributed by atoms with Gasteiger partial charge in [-0.2, -0.15) is 0 Å². The topological polar surface area (TPSA) is 88.1 Å². The van der Waals surface area contributed by atoms with E-state index in [2.05, 4.69) is 9.97 Å². The summed E-state index contributed by atoms with van der Waals surface area (Å²) in [7, 11) is 1.65. The van der Waals surface area contributed by atoms with E-state index in [-0.39, 0.29) is 5.84 Å². The third-order valence-electron chi connectivity index (χ3n) is 2.18. The first-order chi connectivity index (χ1) is 7.70. The molecule has 0 bridgehead atoms. The van der Waals surface area contributed by atoms with Gasteiger partial charge in [-0.3, -0.25) is 5.41 Å². The molecule has 0 aromatic carbocycles. The maximum Gasteiger partial charge on any atom is 0.158 e. The quantitative estimate of drug-likeness (QED) is 0.532. The summed E-state index contributed by atoms with van der Waals surface area (Å²) < 4.78 is 5.02. The lowest BCUT2D eigenvalue weighted by Crippen LogP contribution is -2.31. The second-order valence-corrected chi connectivity index (χ2v) is 3.21. The standard InChI is InChI=1S/C10H17N5O/c1-3-15(6-7-16-2)10-8(9(11)12)13-4-5-14-10/h4-5H,3,6-7H2,1-2H3,(H3,11,12). The summed E-state index contributed by atoms with van der Waals surface area (Å²) in [5.74, 6) is 0.563. The van der Waals surface area contributed by atoms with Crippen molar-refractivity contribution >= 4 is 11.7 Å². The normalized spacial score (nSPS) is 10.1. The zero-order valence-corrected chi connectivity index (χ0v) is 9.60. The molecule has 0 spiro atoms. The third kappa shape index (κ3) is 2.90. The van der Waals surface area contributed by atoms with E-state index >= 15 is 0 Å². The fourth-order valence-corrected chi connectivity index (χ4v) is 1.37. The van der Waals surface area contributed by atoms with Crippen molar-refractivity contribution in [2.75, 3.05) is 31.7 Å². The molecule has 0 unspecified atom stereocenters. The van der Waals surface area contributed by atoms with Crippen molar-refractivity contribution in [1.29, 1.82) is 5.41 Å². The van der Waals surface area contributed by atoms with Gasteiger partial charge in [0.1, 0.15) is 11.5 Å². The van der Waals surface area contributed by atoms with E-state index in [9.17, 15) is 0 Å². The molecule has 0 amide bonds. The van der Waals surface area contributed by atoms with E-state index in [0.717, 1.165) is 6.54 Å². The lowest BCUT2D eigenvalue weighted by Gasteiger charge is -2.22. The predicted molar refractivity (Wildman–Crippen MR) is 62.8 cm³/mol. The molecule has 6 heteroatoms. The van der Waals surface area contributed by atoms with Gasteiger partial charge in [-0.1, -0.05) is 0 Å². The summed E-state index contributed by atoms with van der Waals surface area (Å²) >= 11 is 0. The minimum atomic E-state index is -0.0704. The molecule has 1 rings (SSSR count). The highest BCUT2D eigenvalue weighted by Crippen LogP contribution is 2.13. The first-order valence-electron chi connectivity index (χ1n) is 5.10.